The highest BCUT2D eigenvalue weighted by molar-refractivity contribution is 6.10. The number of halogens is 1. The van der Waals surface area contributed by atoms with Crippen LogP contribution in [0.15, 0.2) is 75.9 Å². The smallest absolute Gasteiger partial charge is 0.295 e. The average molecular weight is 415 g/mol. The van der Waals surface area contributed by atoms with Crippen molar-refractivity contribution >= 4 is 22.6 Å². The van der Waals surface area contributed by atoms with Crippen molar-refractivity contribution in [2.24, 2.45) is 0 Å². The molecule has 0 fully saturated rings. The van der Waals surface area contributed by atoms with E-state index in [0.29, 0.717) is 22.4 Å². The fraction of sp³-hybridized carbons (Fsp3) is 0.120. The van der Waals surface area contributed by atoms with Gasteiger partial charge in [0.1, 0.15) is 17.1 Å². The third kappa shape index (κ3) is 2.99. The van der Waals surface area contributed by atoms with Gasteiger partial charge >= 0.3 is 0 Å². The molecule has 6 heteroatoms. The van der Waals surface area contributed by atoms with E-state index in [1.807, 2.05) is 25.1 Å². The van der Waals surface area contributed by atoms with E-state index >= 15 is 0 Å². The van der Waals surface area contributed by atoms with Gasteiger partial charge in [0.2, 0.25) is 5.76 Å². The Kier molecular flexibility index (Phi) is 4.36. The molecule has 4 aromatic rings. The number of carbonyl (C=O) groups excluding carboxylic acids is 1. The van der Waals surface area contributed by atoms with Crippen LogP contribution >= 0.6 is 0 Å². The average Bonchev–Trinajstić information content (AvgIpc) is 3.07. The van der Waals surface area contributed by atoms with E-state index in [4.69, 9.17) is 9.15 Å². The van der Waals surface area contributed by atoms with Crippen molar-refractivity contribution in [2.45, 2.75) is 13.0 Å². The summed E-state index contributed by atoms with van der Waals surface area (Å²) in [6.07, 6.45) is 0. The van der Waals surface area contributed by atoms with Crippen molar-refractivity contribution < 1.29 is 18.3 Å². The van der Waals surface area contributed by atoms with Gasteiger partial charge in [-0.2, -0.15) is 0 Å². The third-order valence-electron chi connectivity index (χ3n) is 5.56. The molecule has 1 unspecified atom stereocenters. The molecule has 1 aliphatic heterocycles. The summed E-state index contributed by atoms with van der Waals surface area (Å²) in [5.74, 6) is -0.194. The Bertz CT molecular complexity index is 1370. The predicted octanol–water partition coefficient (Wildman–Crippen LogP) is 5.00. The number of methoxy groups -OCH3 is 1. The first-order valence-electron chi connectivity index (χ1n) is 9.78. The van der Waals surface area contributed by atoms with Crippen LogP contribution in [0.4, 0.5) is 10.1 Å². The van der Waals surface area contributed by atoms with Gasteiger partial charge in [-0.15, -0.1) is 0 Å². The van der Waals surface area contributed by atoms with E-state index in [9.17, 15) is 14.0 Å². The lowest BCUT2D eigenvalue weighted by Gasteiger charge is -2.25. The highest BCUT2D eigenvalue weighted by Gasteiger charge is 2.43. The van der Waals surface area contributed by atoms with Crippen LogP contribution < -0.4 is 15.1 Å². The van der Waals surface area contributed by atoms with Gasteiger partial charge < -0.3 is 9.15 Å². The highest BCUT2D eigenvalue weighted by atomic mass is 19.1. The van der Waals surface area contributed by atoms with Crippen molar-refractivity contribution in [3.63, 3.8) is 0 Å². The van der Waals surface area contributed by atoms with Gasteiger partial charge in [-0.3, -0.25) is 14.5 Å². The first kappa shape index (κ1) is 19.1. The van der Waals surface area contributed by atoms with Gasteiger partial charge in [-0.25, -0.2) is 4.39 Å². The maximum Gasteiger partial charge on any atom is 0.295 e. The standard InChI is InChI=1S/C25H18FNO4/c1-14-3-12-20-19(13-14)23(28)21-22(15-4-10-18(30-2)11-5-15)27(25(29)24(21)31-20)17-8-6-16(26)7-9-17/h3-13,22H,1-2H3. The first-order valence-corrected chi connectivity index (χ1v) is 9.78. The van der Waals surface area contributed by atoms with Gasteiger partial charge in [-0.05, 0) is 61.0 Å². The van der Waals surface area contributed by atoms with Crippen molar-refractivity contribution in [2.75, 3.05) is 12.0 Å². The van der Waals surface area contributed by atoms with Crippen molar-refractivity contribution in [3.05, 3.63) is 105 Å². The molecule has 5 rings (SSSR count). The van der Waals surface area contributed by atoms with Crippen LogP contribution in [0.1, 0.15) is 33.3 Å². The van der Waals surface area contributed by atoms with Crippen molar-refractivity contribution in [1.29, 1.82) is 0 Å². The number of hydrogen-bond acceptors (Lipinski definition) is 4. The van der Waals surface area contributed by atoms with Gasteiger partial charge in [-0.1, -0.05) is 23.8 Å². The van der Waals surface area contributed by atoms with Crippen LogP contribution in [0.25, 0.3) is 11.0 Å². The molecule has 1 atom stereocenters. The van der Waals surface area contributed by atoms with E-state index in [-0.39, 0.29) is 16.8 Å². The molecule has 0 saturated heterocycles. The summed E-state index contributed by atoms with van der Waals surface area (Å²) < 4.78 is 24.7. The van der Waals surface area contributed by atoms with Crippen LogP contribution in [-0.4, -0.2) is 13.0 Å². The zero-order valence-corrected chi connectivity index (χ0v) is 16.9. The lowest BCUT2D eigenvalue weighted by atomic mass is 9.98. The first-order chi connectivity index (χ1) is 15.0. The molecule has 0 radical (unpaired) electrons. The molecule has 1 amide bonds. The van der Waals surface area contributed by atoms with E-state index in [1.54, 1.807) is 31.4 Å². The van der Waals surface area contributed by atoms with E-state index in [0.717, 1.165) is 11.1 Å². The minimum Gasteiger partial charge on any atom is -0.497 e. The summed E-state index contributed by atoms with van der Waals surface area (Å²) in [4.78, 5) is 28.4. The van der Waals surface area contributed by atoms with Gasteiger partial charge in [0.15, 0.2) is 5.43 Å². The number of ether oxygens (including phenoxy) is 1. The van der Waals surface area contributed by atoms with Crippen molar-refractivity contribution in [1.82, 2.24) is 0 Å². The van der Waals surface area contributed by atoms with Gasteiger partial charge in [0.05, 0.1) is 24.1 Å². The number of fused-ring (bicyclic) bond motifs is 2. The van der Waals surface area contributed by atoms with Crippen LogP contribution in [0.5, 0.6) is 5.75 Å². The van der Waals surface area contributed by atoms with E-state index < -0.39 is 17.8 Å². The molecular formula is C25H18FNO4. The molecule has 1 aliphatic rings. The van der Waals surface area contributed by atoms with E-state index in [2.05, 4.69) is 0 Å². The summed E-state index contributed by atoms with van der Waals surface area (Å²) in [5, 5.41) is 0.422. The topological polar surface area (TPSA) is 59.8 Å². The molecule has 31 heavy (non-hydrogen) atoms. The van der Waals surface area contributed by atoms with Crippen molar-refractivity contribution in [3.8, 4) is 5.75 Å². The second-order valence-corrected chi connectivity index (χ2v) is 7.50. The predicted molar refractivity (Wildman–Crippen MR) is 115 cm³/mol. The van der Waals surface area contributed by atoms with Crippen LogP contribution in [-0.2, 0) is 0 Å². The summed E-state index contributed by atoms with van der Waals surface area (Å²) in [6.45, 7) is 1.89. The SMILES string of the molecule is COc1ccc(C2c3c(oc4ccc(C)cc4c3=O)C(=O)N2c2ccc(F)cc2)cc1. The number of rotatable bonds is 3. The number of benzene rings is 3. The molecule has 0 spiro atoms. The number of amides is 1. The fourth-order valence-electron chi connectivity index (χ4n) is 4.06. The molecule has 0 bridgehead atoms. The number of anilines is 1. The highest BCUT2D eigenvalue weighted by Crippen LogP contribution is 2.41. The Morgan fingerprint density at radius 3 is 2.35 bits per heavy atom. The molecular weight excluding hydrogens is 397 g/mol. The number of hydrogen-bond donors (Lipinski definition) is 0. The van der Waals surface area contributed by atoms with Crippen LogP contribution in [0, 0.1) is 12.7 Å². The van der Waals surface area contributed by atoms with Crippen LogP contribution in [0.2, 0.25) is 0 Å². The number of carbonyl (C=O) groups is 1. The van der Waals surface area contributed by atoms with Crippen LogP contribution in [0.3, 0.4) is 0 Å². The summed E-state index contributed by atoms with van der Waals surface area (Å²) in [6, 6.07) is 17.3. The molecule has 1 aromatic heterocycles. The molecule has 0 saturated carbocycles. The zero-order valence-electron chi connectivity index (χ0n) is 16.9. The fourth-order valence-corrected chi connectivity index (χ4v) is 4.06. The molecule has 5 nitrogen and oxygen atoms in total. The second-order valence-electron chi connectivity index (χ2n) is 7.50. The maximum atomic E-state index is 13.5. The Labute approximate surface area is 177 Å². The minimum atomic E-state index is -0.708. The van der Waals surface area contributed by atoms with Gasteiger partial charge in [0, 0.05) is 5.69 Å². The number of nitrogens with zero attached hydrogens (tertiary/aromatic N) is 1. The Morgan fingerprint density at radius 1 is 0.968 bits per heavy atom. The molecule has 2 heterocycles. The summed E-state index contributed by atoms with van der Waals surface area (Å²) >= 11 is 0. The quantitative estimate of drug-likeness (QED) is 0.473. The Hall–Kier alpha value is -3.93. The maximum absolute atomic E-state index is 13.5. The monoisotopic (exact) mass is 415 g/mol. The largest absolute Gasteiger partial charge is 0.497 e. The third-order valence-corrected chi connectivity index (χ3v) is 5.56. The molecule has 3 aromatic carbocycles. The summed E-state index contributed by atoms with van der Waals surface area (Å²) in [7, 11) is 1.57. The molecule has 0 aliphatic carbocycles. The molecule has 154 valence electrons. The van der Waals surface area contributed by atoms with Gasteiger partial charge in [0.25, 0.3) is 5.91 Å². The Balaban J connectivity index is 1.79. The zero-order chi connectivity index (χ0) is 21.7. The number of aryl methyl sites for hydroxylation is 1. The lowest BCUT2D eigenvalue weighted by molar-refractivity contribution is 0.0971. The lowest BCUT2D eigenvalue weighted by Crippen LogP contribution is -2.29. The van der Waals surface area contributed by atoms with E-state index in [1.165, 1.54) is 29.2 Å². The second kappa shape index (κ2) is 7.09. The minimum absolute atomic E-state index is 0.00601. The normalized spacial score (nSPS) is 15.4. The Morgan fingerprint density at radius 2 is 1.68 bits per heavy atom. The summed E-state index contributed by atoms with van der Waals surface area (Å²) in [5.41, 5.74) is 2.49. The molecule has 0 N–H and O–H groups in total.